The van der Waals surface area contributed by atoms with Crippen molar-refractivity contribution in [1.29, 1.82) is 0 Å². The number of hydrogen-bond donors (Lipinski definition) is 0. The molecular weight excluding hydrogens is 286 g/mol. The minimum Gasteiger partial charge on any atom is -0.480 e. The minimum absolute atomic E-state index is 0.366. The third-order valence-corrected chi connectivity index (χ3v) is 3.64. The van der Waals surface area contributed by atoms with E-state index in [1.165, 1.54) is 0 Å². The summed E-state index contributed by atoms with van der Waals surface area (Å²) in [6, 6.07) is 3.73. The van der Waals surface area contributed by atoms with E-state index in [9.17, 15) is 0 Å². The molecule has 0 amide bonds. The summed E-state index contributed by atoms with van der Waals surface area (Å²) in [4.78, 5) is 4.32. The third-order valence-electron chi connectivity index (χ3n) is 3.64. The number of hydrogen-bond acceptors (Lipinski definition) is 7. The maximum atomic E-state index is 5.84. The van der Waals surface area contributed by atoms with Gasteiger partial charge in [-0.2, -0.15) is 0 Å². The molecule has 1 aliphatic heterocycles. The van der Waals surface area contributed by atoms with Gasteiger partial charge in [0.1, 0.15) is 5.56 Å². The van der Waals surface area contributed by atoms with Gasteiger partial charge in [0, 0.05) is 18.7 Å². The van der Waals surface area contributed by atoms with Gasteiger partial charge in [-0.05, 0) is 26.0 Å². The molecule has 1 unspecified atom stereocenters. The Morgan fingerprint density at radius 3 is 2.86 bits per heavy atom. The molecule has 0 aromatic carbocycles. The van der Waals surface area contributed by atoms with E-state index in [1.807, 2.05) is 26.0 Å². The van der Waals surface area contributed by atoms with Crippen LogP contribution in [0.4, 0.5) is 0 Å². The van der Waals surface area contributed by atoms with Gasteiger partial charge in [0.2, 0.25) is 5.88 Å². The van der Waals surface area contributed by atoms with E-state index >= 15 is 0 Å². The second-order valence-corrected chi connectivity index (χ2v) is 5.15. The van der Waals surface area contributed by atoms with Crippen LogP contribution in [0.2, 0.25) is 0 Å². The number of pyridine rings is 1. The molecule has 1 saturated heterocycles. The van der Waals surface area contributed by atoms with Crippen molar-refractivity contribution in [3.8, 4) is 17.3 Å². The summed E-state index contributed by atoms with van der Waals surface area (Å²) in [5, 5.41) is 8.28. The van der Waals surface area contributed by atoms with Crippen molar-refractivity contribution in [3.05, 3.63) is 23.7 Å². The van der Waals surface area contributed by atoms with E-state index < -0.39 is 5.60 Å². The highest BCUT2D eigenvalue weighted by Crippen LogP contribution is 2.36. The highest BCUT2D eigenvalue weighted by Gasteiger charge is 2.43. The van der Waals surface area contributed by atoms with Crippen LogP contribution in [0, 0.1) is 6.92 Å². The van der Waals surface area contributed by atoms with Gasteiger partial charge < -0.3 is 18.6 Å². The summed E-state index contributed by atoms with van der Waals surface area (Å²) in [6.07, 6.45) is 0.700. The molecule has 1 aliphatic rings. The zero-order valence-electron chi connectivity index (χ0n) is 13.0. The van der Waals surface area contributed by atoms with Crippen molar-refractivity contribution in [1.82, 2.24) is 15.2 Å². The van der Waals surface area contributed by atoms with E-state index in [1.54, 1.807) is 7.11 Å². The van der Waals surface area contributed by atoms with E-state index in [2.05, 4.69) is 15.2 Å². The summed E-state index contributed by atoms with van der Waals surface area (Å²) in [7, 11) is 1.56. The molecule has 22 heavy (non-hydrogen) atoms. The topological polar surface area (TPSA) is 79.5 Å². The van der Waals surface area contributed by atoms with Crippen molar-refractivity contribution in [2.75, 3.05) is 26.9 Å². The lowest BCUT2D eigenvalue weighted by Gasteiger charge is -2.22. The predicted molar refractivity (Wildman–Crippen MR) is 77.6 cm³/mol. The Hall–Kier alpha value is -1.99. The van der Waals surface area contributed by atoms with Crippen molar-refractivity contribution in [3.63, 3.8) is 0 Å². The summed E-state index contributed by atoms with van der Waals surface area (Å²) >= 11 is 0. The number of ether oxygens (including phenoxy) is 3. The summed E-state index contributed by atoms with van der Waals surface area (Å²) in [5.74, 6) is 1.26. The molecule has 0 spiro atoms. The Kier molecular flexibility index (Phi) is 4.08. The van der Waals surface area contributed by atoms with Crippen LogP contribution >= 0.6 is 0 Å². The van der Waals surface area contributed by atoms with Crippen LogP contribution in [-0.2, 0) is 15.1 Å². The fourth-order valence-corrected chi connectivity index (χ4v) is 2.53. The van der Waals surface area contributed by atoms with Crippen molar-refractivity contribution in [2.45, 2.75) is 25.9 Å². The van der Waals surface area contributed by atoms with Crippen LogP contribution in [0.5, 0.6) is 5.88 Å². The molecule has 0 radical (unpaired) electrons. The van der Waals surface area contributed by atoms with Crippen molar-refractivity contribution < 1.29 is 18.6 Å². The van der Waals surface area contributed by atoms with Crippen molar-refractivity contribution >= 4 is 0 Å². The lowest BCUT2D eigenvalue weighted by Crippen LogP contribution is -2.30. The smallest absolute Gasteiger partial charge is 0.253 e. The molecule has 0 saturated carbocycles. The third kappa shape index (κ3) is 2.57. The van der Waals surface area contributed by atoms with Crippen LogP contribution < -0.4 is 4.74 Å². The first-order valence-electron chi connectivity index (χ1n) is 7.26. The Balaban J connectivity index is 1.97. The molecule has 0 aliphatic carbocycles. The van der Waals surface area contributed by atoms with Gasteiger partial charge in [-0.25, -0.2) is 4.98 Å². The second kappa shape index (κ2) is 6.02. The van der Waals surface area contributed by atoms with Crippen LogP contribution in [-0.4, -0.2) is 42.1 Å². The molecule has 1 fully saturated rings. The van der Waals surface area contributed by atoms with Gasteiger partial charge in [0.25, 0.3) is 11.8 Å². The molecule has 118 valence electrons. The number of nitrogens with zero attached hydrogens (tertiary/aromatic N) is 3. The van der Waals surface area contributed by atoms with E-state index in [0.717, 1.165) is 5.69 Å². The number of aromatic nitrogens is 3. The number of rotatable bonds is 5. The molecule has 2 aromatic rings. The van der Waals surface area contributed by atoms with E-state index in [0.29, 0.717) is 49.5 Å². The molecule has 7 heteroatoms. The first-order chi connectivity index (χ1) is 10.7. The SMILES string of the molecule is CCOC1(c2nnc(-c3ccc(C)nc3OC)o2)CCOC1. The highest BCUT2D eigenvalue weighted by molar-refractivity contribution is 5.59. The molecule has 2 aromatic heterocycles. The van der Waals surface area contributed by atoms with Crippen LogP contribution in [0.3, 0.4) is 0 Å². The quantitative estimate of drug-likeness (QED) is 0.836. The number of aryl methyl sites for hydroxylation is 1. The average Bonchev–Trinajstić information content (AvgIpc) is 3.17. The van der Waals surface area contributed by atoms with Gasteiger partial charge >= 0.3 is 0 Å². The molecule has 7 nitrogen and oxygen atoms in total. The van der Waals surface area contributed by atoms with E-state index in [4.69, 9.17) is 18.6 Å². The lowest BCUT2D eigenvalue weighted by atomic mass is 10.0. The zero-order valence-corrected chi connectivity index (χ0v) is 13.0. The van der Waals surface area contributed by atoms with Crippen molar-refractivity contribution in [2.24, 2.45) is 0 Å². The first-order valence-corrected chi connectivity index (χ1v) is 7.26. The van der Waals surface area contributed by atoms with Gasteiger partial charge in [-0.1, -0.05) is 0 Å². The summed E-state index contributed by atoms with van der Waals surface area (Å²) in [5.41, 5.74) is 0.874. The molecule has 0 N–H and O–H groups in total. The molecule has 3 rings (SSSR count). The average molecular weight is 305 g/mol. The maximum absolute atomic E-state index is 5.84. The van der Waals surface area contributed by atoms with Gasteiger partial charge in [0.05, 0.1) is 20.3 Å². The van der Waals surface area contributed by atoms with Gasteiger partial charge in [-0.15, -0.1) is 10.2 Å². The molecule has 3 heterocycles. The lowest BCUT2D eigenvalue weighted by molar-refractivity contribution is -0.0657. The zero-order chi connectivity index (χ0) is 15.6. The Bertz CT molecular complexity index is 650. The maximum Gasteiger partial charge on any atom is 0.253 e. The standard InChI is InChI=1S/C15H19N3O4/c1-4-21-15(7-8-20-9-15)14-18-17-13(22-14)11-6-5-10(2)16-12(11)19-3/h5-6H,4,7-9H2,1-3H3. The largest absolute Gasteiger partial charge is 0.480 e. The molecule has 0 bridgehead atoms. The summed E-state index contributed by atoms with van der Waals surface area (Å²) in [6.45, 7) is 5.42. The Labute approximate surface area is 128 Å². The highest BCUT2D eigenvalue weighted by atomic mass is 16.6. The summed E-state index contributed by atoms with van der Waals surface area (Å²) < 4.78 is 22.4. The van der Waals surface area contributed by atoms with Gasteiger partial charge in [-0.3, -0.25) is 0 Å². The van der Waals surface area contributed by atoms with Crippen LogP contribution in [0.15, 0.2) is 16.5 Å². The molecule has 1 atom stereocenters. The van der Waals surface area contributed by atoms with Crippen LogP contribution in [0.25, 0.3) is 11.5 Å². The van der Waals surface area contributed by atoms with Gasteiger partial charge in [0.15, 0.2) is 5.60 Å². The van der Waals surface area contributed by atoms with E-state index in [-0.39, 0.29) is 0 Å². The fraction of sp³-hybridized carbons (Fsp3) is 0.533. The first kappa shape index (κ1) is 14.9. The number of methoxy groups -OCH3 is 1. The van der Waals surface area contributed by atoms with Crippen LogP contribution in [0.1, 0.15) is 24.9 Å². The fourth-order valence-electron chi connectivity index (χ4n) is 2.53. The Morgan fingerprint density at radius 1 is 1.32 bits per heavy atom. The molecular formula is C15H19N3O4. The Morgan fingerprint density at radius 2 is 2.18 bits per heavy atom. The predicted octanol–water partition coefficient (Wildman–Crippen LogP) is 2.10. The second-order valence-electron chi connectivity index (χ2n) is 5.15. The monoisotopic (exact) mass is 305 g/mol. The minimum atomic E-state index is -0.647. The normalized spacial score (nSPS) is 21.2.